The minimum atomic E-state index is -0.192. The van der Waals surface area contributed by atoms with Crippen LogP contribution in [-0.2, 0) is 0 Å². The largest absolute Gasteiger partial charge is 0.322 e. The second-order valence-corrected chi connectivity index (χ2v) is 6.47. The molecule has 1 amide bonds. The van der Waals surface area contributed by atoms with Crippen molar-refractivity contribution in [3.63, 3.8) is 0 Å². The molecule has 3 nitrogen and oxygen atoms in total. The molecule has 0 saturated heterocycles. The van der Waals surface area contributed by atoms with Gasteiger partial charge in [-0.15, -0.1) is 0 Å². The summed E-state index contributed by atoms with van der Waals surface area (Å²) in [5.41, 5.74) is 3.08. The first-order chi connectivity index (χ1) is 9.86. The van der Waals surface area contributed by atoms with Crippen LogP contribution in [0.4, 0.5) is 5.69 Å². The predicted octanol–water partition coefficient (Wildman–Crippen LogP) is 5.18. The Morgan fingerprint density at radius 1 is 1.29 bits per heavy atom. The van der Waals surface area contributed by atoms with Crippen molar-refractivity contribution in [2.75, 3.05) is 5.32 Å². The van der Waals surface area contributed by atoms with Gasteiger partial charge in [0.2, 0.25) is 0 Å². The van der Waals surface area contributed by atoms with E-state index in [0.29, 0.717) is 10.7 Å². The van der Waals surface area contributed by atoms with Gasteiger partial charge in [-0.1, -0.05) is 47.4 Å². The molecule has 1 heterocycles. The summed E-state index contributed by atoms with van der Waals surface area (Å²) in [6.45, 7) is 5.97. The third-order valence-corrected chi connectivity index (χ3v) is 3.80. The van der Waals surface area contributed by atoms with Crippen LogP contribution in [-0.4, -0.2) is 10.9 Å². The molecular weight excluding hydrogens is 352 g/mol. The van der Waals surface area contributed by atoms with Gasteiger partial charge in [0.05, 0.1) is 0 Å². The number of nitrogens with one attached hydrogen (secondary N) is 1. The van der Waals surface area contributed by atoms with Gasteiger partial charge in [0.1, 0.15) is 5.15 Å². The van der Waals surface area contributed by atoms with Crippen LogP contribution in [0.15, 0.2) is 34.8 Å². The molecule has 0 aliphatic carbocycles. The SMILES string of the molecule is Cc1ccc(Br)cc1NC(=O)c1cc(Cl)nc(C(C)C)c1. The summed E-state index contributed by atoms with van der Waals surface area (Å²) < 4.78 is 0.916. The molecule has 0 radical (unpaired) electrons. The second kappa shape index (κ2) is 6.58. The number of nitrogens with zero attached hydrogens (tertiary/aromatic N) is 1. The summed E-state index contributed by atoms with van der Waals surface area (Å²) in [5.74, 6) is 0.0188. The molecule has 0 bridgehead atoms. The van der Waals surface area contributed by atoms with Crippen LogP contribution in [0.1, 0.15) is 41.4 Å². The Hall–Kier alpha value is -1.39. The zero-order valence-corrected chi connectivity index (χ0v) is 14.4. The van der Waals surface area contributed by atoms with E-state index in [9.17, 15) is 4.79 Å². The highest BCUT2D eigenvalue weighted by Gasteiger charge is 2.12. The molecule has 2 aromatic rings. The maximum Gasteiger partial charge on any atom is 0.255 e. The first kappa shape index (κ1) is 16.0. The lowest BCUT2D eigenvalue weighted by atomic mass is 10.1. The highest BCUT2D eigenvalue weighted by Crippen LogP contribution is 2.23. The van der Waals surface area contributed by atoms with Crippen molar-refractivity contribution in [2.24, 2.45) is 0 Å². The lowest BCUT2D eigenvalue weighted by Crippen LogP contribution is -2.14. The Kier molecular flexibility index (Phi) is 5.01. The van der Waals surface area contributed by atoms with Gasteiger partial charge in [0, 0.05) is 21.4 Å². The van der Waals surface area contributed by atoms with E-state index in [1.807, 2.05) is 39.0 Å². The van der Waals surface area contributed by atoms with Crippen LogP contribution in [0.3, 0.4) is 0 Å². The van der Waals surface area contributed by atoms with Crippen molar-refractivity contribution in [1.82, 2.24) is 4.98 Å². The Morgan fingerprint density at radius 2 is 2.00 bits per heavy atom. The molecule has 0 fully saturated rings. The molecule has 1 aromatic carbocycles. The fourth-order valence-electron chi connectivity index (χ4n) is 1.87. The fraction of sp³-hybridized carbons (Fsp3) is 0.250. The standard InChI is InChI=1S/C16H16BrClN2O/c1-9(2)13-6-11(7-15(18)19-13)16(21)20-14-8-12(17)5-4-10(14)3/h4-9H,1-3H3,(H,20,21). The maximum atomic E-state index is 12.4. The number of hydrogen-bond acceptors (Lipinski definition) is 2. The van der Waals surface area contributed by atoms with Crippen LogP contribution in [0, 0.1) is 6.92 Å². The molecule has 0 spiro atoms. The zero-order chi connectivity index (χ0) is 15.6. The van der Waals surface area contributed by atoms with Crippen molar-refractivity contribution < 1.29 is 4.79 Å². The van der Waals surface area contributed by atoms with Crippen molar-refractivity contribution in [2.45, 2.75) is 26.7 Å². The van der Waals surface area contributed by atoms with E-state index in [1.54, 1.807) is 12.1 Å². The third-order valence-electron chi connectivity index (χ3n) is 3.12. The Morgan fingerprint density at radius 3 is 2.67 bits per heavy atom. The fourth-order valence-corrected chi connectivity index (χ4v) is 2.44. The summed E-state index contributed by atoms with van der Waals surface area (Å²) in [5, 5.41) is 3.24. The first-order valence-corrected chi connectivity index (χ1v) is 7.79. The van der Waals surface area contributed by atoms with Crippen molar-refractivity contribution in [1.29, 1.82) is 0 Å². The number of hydrogen-bond donors (Lipinski definition) is 1. The van der Waals surface area contributed by atoms with Crippen LogP contribution in [0.5, 0.6) is 0 Å². The lowest BCUT2D eigenvalue weighted by Gasteiger charge is -2.11. The highest BCUT2D eigenvalue weighted by molar-refractivity contribution is 9.10. The number of amides is 1. The van der Waals surface area contributed by atoms with E-state index >= 15 is 0 Å². The lowest BCUT2D eigenvalue weighted by molar-refractivity contribution is 0.102. The van der Waals surface area contributed by atoms with E-state index < -0.39 is 0 Å². The summed E-state index contributed by atoms with van der Waals surface area (Å²) in [7, 11) is 0. The molecule has 0 unspecified atom stereocenters. The smallest absolute Gasteiger partial charge is 0.255 e. The number of carbonyl (C=O) groups is 1. The van der Waals surface area contributed by atoms with Crippen LogP contribution in [0.25, 0.3) is 0 Å². The summed E-state index contributed by atoms with van der Waals surface area (Å²) in [4.78, 5) is 16.6. The second-order valence-electron chi connectivity index (χ2n) is 5.17. The quantitative estimate of drug-likeness (QED) is 0.759. The molecule has 5 heteroatoms. The topological polar surface area (TPSA) is 42.0 Å². The normalized spacial score (nSPS) is 10.8. The average molecular weight is 368 g/mol. The van der Waals surface area contributed by atoms with Crippen LogP contribution < -0.4 is 5.32 Å². The van der Waals surface area contributed by atoms with Gasteiger partial charge in [-0.25, -0.2) is 4.98 Å². The van der Waals surface area contributed by atoms with Crippen LogP contribution in [0.2, 0.25) is 5.15 Å². The van der Waals surface area contributed by atoms with Gasteiger partial charge in [-0.2, -0.15) is 0 Å². The number of rotatable bonds is 3. The van der Waals surface area contributed by atoms with Crippen LogP contribution >= 0.6 is 27.5 Å². The average Bonchev–Trinajstić information content (AvgIpc) is 2.42. The summed E-state index contributed by atoms with van der Waals surface area (Å²) in [6.07, 6.45) is 0. The molecule has 0 saturated carbocycles. The van der Waals surface area contributed by atoms with Gasteiger partial charge in [-0.3, -0.25) is 4.79 Å². The van der Waals surface area contributed by atoms with Gasteiger partial charge in [-0.05, 0) is 42.7 Å². The first-order valence-electron chi connectivity index (χ1n) is 6.62. The molecule has 0 aliphatic rings. The number of carbonyl (C=O) groups excluding carboxylic acids is 1. The Balaban J connectivity index is 2.30. The number of pyridine rings is 1. The van der Waals surface area contributed by atoms with E-state index in [1.165, 1.54) is 0 Å². The zero-order valence-electron chi connectivity index (χ0n) is 12.1. The maximum absolute atomic E-state index is 12.4. The molecule has 110 valence electrons. The highest BCUT2D eigenvalue weighted by atomic mass is 79.9. The van der Waals surface area contributed by atoms with Crippen molar-refractivity contribution in [3.05, 3.63) is 56.8 Å². The van der Waals surface area contributed by atoms with E-state index in [-0.39, 0.29) is 11.8 Å². The van der Waals surface area contributed by atoms with E-state index in [4.69, 9.17) is 11.6 Å². The third kappa shape index (κ3) is 4.05. The molecule has 0 aliphatic heterocycles. The minimum absolute atomic E-state index is 0.192. The number of aromatic nitrogens is 1. The van der Waals surface area contributed by atoms with Crippen molar-refractivity contribution in [3.8, 4) is 0 Å². The van der Waals surface area contributed by atoms with E-state index in [2.05, 4.69) is 26.2 Å². The number of aryl methyl sites for hydroxylation is 1. The van der Waals surface area contributed by atoms with Gasteiger partial charge < -0.3 is 5.32 Å². The molecule has 21 heavy (non-hydrogen) atoms. The number of benzene rings is 1. The molecule has 1 aromatic heterocycles. The van der Waals surface area contributed by atoms with E-state index in [0.717, 1.165) is 21.4 Å². The molecule has 2 rings (SSSR count). The minimum Gasteiger partial charge on any atom is -0.322 e. The number of halogens is 2. The van der Waals surface area contributed by atoms with Gasteiger partial charge in [0.15, 0.2) is 0 Å². The van der Waals surface area contributed by atoms with Gasteiger partial charge in [0.25, 0.3) is 5.91 Å². The summed E-state index contributed by atoms with van der Waals surface area (Å²) in [6, 6.07) is 9.11. The Bertz CT molecular complexity index is 686. The Labute approximate surface area is 137 Å². The molecule has 1 N–H and O–H groups in total. The number of anilines is 1. The molecular formula is C16H16BrClN2O. The van der Waals surface area contributed by atoms with Gasteiger partial charge >= 0.3 is 0 Å². The van der Waals surface area contributed by atoms with Crippen molar-refractivity contribution >= 4 is 39.1 Å². The molecule has 0 atom stereocenters. The predicted molar refractivity (Wildman–Crippen MR) is 90.2 cm³/mol. The summed E-state index contributed by atoms with van der Waals surface area (Å²) >= 11 is 9.40. The monoisotopic (exact) mass is 366 g/mol.